The first-order valence-electron chi connectivity index (χ1n) is 12.5. The minimum Gasteiger partial charge on any atom is -0.376 e. The number of piperazine rings is 1. The summed E-state index contributed by atoms with van der Waals surface area (Å²) >= 11 is 5.25. The second kappa shape index (κ2) is 10.8. The summed E-state index contributed by atoms with van der Waals surface area (Å²) in [6, 6.07) is 5.68. The molecule has 1 aliphatic carbocycles. The average molecular weight is 472 g/mol. The highest BCUT2D eigenvalue weighted by atomic mass is 32.1. The largest absolute Gasteiger partial charge is 0.376 e. The smallest absolute Gasteiger partial charge is 0.256 e. The predicted octanol–water partition coefficient (Wildman–Crippen LogP) is 3.22. The summed E-state index contributed by atoms with van der Waals surface area (Å²) in [6.07, 6.45) is 7.53. The van der Waals surface area contributed by atoms with Gasteiger partial charge in [-0.15, -0.1) is 0 Å². The molecule has 0 aromatic heterocycles. The van der Waals surface area contributed by atoms with Gasteiger partial charge in [0.25, 0.3) is 5.91 Å². The lowest BCUT2D eigenvalue weighted by Crippen LogP contribution is -2.49. The maximum atomic E-state index is 13.6. The molecular weight excluding hydrogens is 434 g/mol. The maximum Gasteiger partial charge on any atom is 0.256 e. The lowest BCUT2D eigenvalue weighted by molar-refractivity contribution is -0.118. The number of carbonyl (C=O) groups excluding carboxylic acids is 2. The zero-order valence-corrected chi connectivity index (χ0v) is 20.6. The topological polar surface area (TPSA) is 73.1 Å². The molecule has 0 radical (unpaired) electrons. The van der Waals surface area contributed by atoms with Crippen LogP contribution in [0.1, 0.15) is 62.2 Å². The molecule has 0 spiro atoms. The van der Waals surface area contributed by atoms with E-state index in [0.29, 0.717) is 11.3 Å². The van der Waals surface area contributed by atoms with Crippen LogP contribution in [0, 0.1) is 5.92 Å². The van der Waals surface area contributed by atoms with E-state index in [2.05, 4.69) is 16.7 Å². The van der Waals surface area contributed by atoms with Crippen molar-refractivity contribution in [1.82, 2.24) is 9.80 Å². The van der Waals surface area contributed by atoms with Crippen molar-refractivity contribution in [3.8, 4) is 0 Å². The normalized spacial score (nSPS) is 19.8. The molecule has 0 atom stereocenters. The van der Waals surface area contributed by atoms with Gasteiger partial charge < -0.3 is 15.5 Å². The third-order valence-electron chi connectivity index (χ3n) is 6.98. The Balaban J connectivity index is 1.63. The Hall–Kier alpha value is -2.19. The first-order valence-corrected chi connectivity index (χ1v) is 12.9. The van der Waals surface area contributed by atoms with Gasteiger partial charge in [0.15, 0.2) is 5.11 Å². The van der Waals surface area contributed by atoms with Crippen LogP contribution in [0.5, 0.6) is 0 Å². The Morgan fingerprint density at radius 2 is 1.70 bits per heavy atom. The fraction of sp³-hybridized carbons (Fsp3) is 0.640. The van der Waals surface area contributed by atoms with Crippen molar-refractivity contribution in [3.63, 3.8) is 0 Å². The minimum absolute atomic E-state index is 0.00821. The SMILES string of the molecule is CCCN1CCN(C(=O)c2ccc(N(C(=O)C3CC3)C(N)=S)cc2N2CCCCCC2)CC1. The lowest BCUT2D eigenvalue weighted by atomic mass is 10.1. The van der Waals surface area contributed by atoms with Gasteiger partial charge in [0.2, 0.25) is 5.91 Å². The molecule has 4 rings (SSSR count). The second-order valence-corrected chi connectivity index (χ2v) is 9.94. The number of amides is 2. The van der Waals surface area contributed by atoms with Gasteiger partial charge in [-0.3, -0.25) is 19.4 Å². The van der Waals surface area contributed by atoms with Crippen molar-refractivity contribution >= 4 is 40.5 Å². The first-order chi connectivity index (χ1) is 16.0. The summed E-state index contributed by atoms with van der Waals surface area (Å²) in [5.74, 6) is 0.0524. The van der Waals surface area contributed by atoms with Gasteiger partial charge in [-0.05, 0) is 69.1 Å². The molecule has 1 aromatic rings. The van der Waals surface area contributed by atoms with E-state index < -0.39 is 0 Å². The molecule has 180 valence electrons. The molecule has 7 nitrogen and oxygen atoms in total. The van der Waals surface area contributed by atoms with E-state index in [4.69, 9.17) is 18.0 Å². The molecule has 2 amide bonds. The van der Waals surface area contributed by atoms with Crippen LogP contribution < -0.4 is 15.5 Å². The molecule has 3 aliphatic rings. The number of hydrogen-bond donors (Lipinski definition) is 1. The van der Waals surface area contributed by atoms with E-state index in [1.54, 1.807) is 0 Å². The molecule has 2 N–H and O–H groups in total. The molecule has 2 heterocycles. The van der Waals surface area contributed by atoms with E-state index in [-0.39, 0.29) is 22.8 Å². The number of nitrogens with two attached hydrogens (primary N) is 1. The molecule has 1 saturated carbocycles. The van der Waals surface area contributed by atoms with Gasteiger partial charge in [0, 0.05) is 45.2 Å². The fourth-order valence-electron chi connectivity index (χ4n) is 4.95. The van der Waals surface area contributed by atoms with Crippen LogP contribution in [0.2, 0.25) is 0 Å². The quantitative estimate of drug-likeness (QED) is 0.643. The van der Waals surface area contributed by atoms with Crippen LogP contribution in [0.3, 0.4) is 0 Å². The van der Waals surface area contributed by atoms with E-state index in [1.807, 2.05) is 23.1 Å². The molecule has 2 saturated heterocycles. The van der Waals surface area contributed by atoms with Gasteiger partial charge in [-0.25, -0.2) is 0 Å². The Labute approximate surface area is 202 Å². The molecule has 33 heavy (non-hydrogen) atoms. The van der Waals surface area contributed by atoms with E-state index in [0.717, 1.165) is 83.6 Å². The number of anilines is 2. The highest BCUT2D eigenvalue weighted by molar-refractivity contribution is 7.80. The lowest BCUT2D eigenvalue weighted by Gasteiger charge is -2.36. The van der Waals surface area contributed by atoms with Crippen molar-refractivity contribution in [2.45, 2.75) is 51.9 Å². The summed E-state index contributed by atoms with van der Waals surface area (Å²) < 4.78 is 0. The van der Waals surface area contributed by atoms with Crippen LogP contribution in [-0.4, -0.2) is 72.5 Å². The van der Waals surface area contributed by atoms with Crippen LogP contribution >= 0.6 is 12.2 Å². The first kappa shape index (κ1) is 24.0. The Morgan fingerprint density at radius 1 is 1.03 bits per heavy atom. The van der Waals surface area contributed by atoms with Gasteiger partial charge in [0.1, 0.15) is 0 Å². The third kappa shape index (κ3) is 5.66. The van der Waals surface area contributed by atoms with Crippen molar-refractivity contribution in [1.29, 1.82) is 0 Å². The van der Waals surface area contributed by atoms with Crippen molar-refractivity contribution in [3.05, 3.63) is 23.8 Å². The van der Waals surface area contributed by atoms with Gasteiger partial charge in [-0.2, -0.15) is 0 Å². The van der Waals surface area contributed by atoms with Crippen molar-refractivity contribution in [2.75, 3.05) is 55.6 Å². The minimum atomic E-state index is -0.0320. The number of benzene rings is 1. The van der Waals surface area contributed by atoms with E-state index >= 15 is 0 Å². The third-order valence-corrected chi connectivity index (χ3v) is 7.17. The zero-order chi connectivity index (χ0) is 23.4. The maximum absolute atomic E-state index is 13.6. The summed E-state index contributed by atoms with van der Waals surface area (Å²) in [5, 5.41) is 0.0693. The number of rotatable bonds is 6. The highest BCUT2D eigenvalue weighted by Crippen LogP contribution is 2.35. The Kier molecular flexibility index (Phi) is 7.86. The Morgan fingerprint density at radius 3 is 2.27 bits per heavy atom. The number of nitrogens with zero attached hydrogens (tertiary/aromatic N) is 4. The summed E-state index contributed by atoms with van der Waals surface area (Å²) in [6.45, 7) is 8.44. The van der Waals surface area contributed by atoms with Crippen LogP contribution in [-0.2, 0) is 4.79 Å². The molecule has 2 aliphatic heterocycles. The van der Waals surface area contributed by atoms with Crippen LogP contribution in [0.15, 0.2) is 18.2 Å². The van der Waals surface area contributed by atoms with E-state index in [9.17, 15) is 9.59 Å². The second-order valence-electron chi connectivity index (χ2n) is 9.52. The highest BCUT2D eigenvalue weighted by Gasteiger charge is 2.36. The Bertz CT molecular complexity index is 872. The van der Waals surface area contributed by atoms with Crippen molar-refractivity contribution < 1.29 is 9.59 Å². The standard InChI is InChI=1S/C25H37N5O2S/c1-2-11-27-14-16-29(17-15-27)24(32)21-10-9-20(30(25(26)33)23(31)19-7-8-19)18-22(21)28-12-5-3-4-6-13-28/h9-10,18-19H,2-8,11-17H2,1H3,(H2,26,33). The zero-order valence-electron chi connectivity index (χ0n) is 19.8. The molecule has 1 aromatic carbocycles. The summed E-state index contributed by atoms with van der Waals surface area (Å²) in [4.78, 5) is 34.7. The van der Waals surface area contributed by atoms with Crippen LogP contribution in [0.25, 0.3) is 0 Å². The number of carbonyl (C=O) groups is 2. The number of hydrogen-bond acceptors (Lipinski definition) is 5. The van der Waals surface area contributed by atoms with Crippen molar-refractivity contribution in [2.24, 2.45) is 11.7 Å². The van der Waals surface area contributed by atoms with Gasteiger partial charge in [-0.1, -0.05) is 19.8 Å². The molecule has 8 heteroatoms. The molecule has 0 unspecified atom stereocenters. The molecule has 3 fully saturated rings. The monoisotopic (exact) mass is 471 g/mol. The molecule has 0 bridgehead atoms. The predicted molar refractivity (Wildman–Crippen MR) is 137 cm³/mol. The van der Waals surface area contributed by atoms with E-state index in [1.165, 1.54) is 17.7 Å². The van der Waals surface area contributed by atoms with Gasteiger partial charge in [0.05, 0.1) is 16.9 Å². The summed E-state index contributed by atoms with van der Waals surface area (Å²) in [5.41, 5.74) is 8.27. The number of thiocarbonyl (C=S) groups is 1. The van der Waals surface area contributed by atoms with Gasteiger partial charge >= 0.3 is 0 Å². The summed E-state index contributed by atoms with van der Waals surface area (Å²) in [7, 11) is 0. The average Bonchev–Trinajstić information content (AvgIpc) is 3.67. The molecular formula is C25H37N5O2S. The van der Waals surface area contributed by atoms with Crippen LogP contribution in [0.4, 0.5) is 11.4 Å². The fourth-order valence-corrected chi connectivity index (χ4v) is 5.15.